The maximum Gasteiger partial charge on any atom is 0.265 e. The predicted octanol–water partition coefficient (Wildman–Crippen LogP) is 3.43. The van der Waals surface area contributed by atoms with Gasteiger partial charge < -0.3 is 15.4 Å². The summed E-state index contributed by atoms with van der Waals surface area (Å²) in [7, 11) is -3.84. The fourth-order valence-electron chi connectivity index (χ4n) is 4.64. The third-order valence-electron chi connectivity index (χ3n) is 6.79. The lowest BCUT2D eigenvalue weighted by Crippen LogP contribution is -2.46. The minimum absolute atomic E-state index is 0.119. The van der Waals surface area contributed by atoms with E-state index in [9.17, 15) is 18.0 Å². The Bertz CT molecular complexity index is 1200. The summed E-state index contributed by atoms with van der Waals surface area (Å²) in [5.74, 6) is -0.247. The minimum Gasteiger partial charge on any atom is -0.478 e. The van der Waals surface area contributed by atoms with Gasteiger partial charge in [-0.1, -0.05) is 44.2 Å². The van der Waals surface area contributed by atoms with Crippen molar-refractivity contribution in [1.29, 1.82) is 0 Å². The Kier molecular flexibility index (Phi) is 7.47. The van der Waals surface area contributed by atoms with Crippen LogP contribution in [0.3, 0.4) is 0 Å². The zero-order valence-electron chi connectivity index (χ0n) is 20.4. The van der Waals surface area contributed by atoms with E-state index in [0.29, 0.717) is 49.4 Å². The van der Waals surface area contributed by atoms with Crippen molar-refractivity contribution in [2.45, 2.75) is 57.0 Å². The molecule has 2 heterocycles. The molecule has 2 aromatic carbocycles. The largest absolute Gasteiger partial charge is 0.478 e. The zero-order valence-corrected chi connectivity index (χ0v) is 21.2. The van der Waals surface area contributed by atoms with Crippen molar-refractivity contribution in [3.05, 3.63) is 53.6 Å². The van der Waals surface area contributed by atoms with Gasteiger partial charge in [0.25, 0.3) is 5.91 Å². The molecule has 3 atom stereocenters. The van der Waals surface area contributed by atoms with Gasteiger partial charge in [-0.05, 0) is 49.3 Å². The maximum absolute atomic E-state index is 13.6. The number of benzene rings is 2. The molecule has 0 aromatic heterocycles. The quantitative estimate of drug-likeness (QED) is 0.607. The van der Waals surface area contributed by atoms with Crippen molar-refractivity contribution in [3.8, 4) is 5.75 Å². The SMILES string of the molecule is CCC1Oc2cc(S(=O)(=O)N3CCCC(C(=O)NCC(C)c4ccccc4)C3)c(C)cc2NC1=O. The van der Waals surface area contributed by atoms with Gasteiger partial charge in [0.2, 0.25) is 15.9 Å². The average Bonchev–Trinajstić information content (AvgIpc) is 2.86. The third kappa shape index (κ3) is 5.36. The Morgan fingerprint density at radius 2 is 2.00 bits per heavy atom. The lowest BCUT2D eigenvalue weighted by atomic mass is 9.97. The van der Waals surface area contributed by atoms with Crippen LogP contribution in [-0.2, 0) is 19.6 Å². The number of piperidine rings is 1. The molecule has 2 amide bonds. The number of hydrogen-bond donors (Lipinski definition) is 2. The van der Waals surface area contributed by atoms with Crippen LogP contribution >= 0.6 is 0 Å². The van der Waals surface area contributed by atoms with Crippen molar-refractivity contribution in [2.24, 2.45) is 5.92 Å². The summed E-state index contributed by atoms with van der Waals surface area (Å²) in [6.07, 6.45) is 1.09. The number of nitrogens with zero attached hydrogens (tertiary/aromatic N) is 1. The Labute approximate surface area is 207 Å². The van der Waals surface area contributed by atoms with E-state index in [0.717, 1.165) is 5.56 Å². The van der Waals surface area contributed by atoms with Gasteiger partial charge >= 0.3 is 0 Å². The number of amides is 2. The van der Waals surface area contributed by atoms with Gasteiger partial charge in [-0.25, -0.2) is 8.42 Å². The van der Waals surface area contributed by atoms with Gasteiger partial charge in [0.15, 0.2) is 6.10 Å². The van der Waals surface area contributed by atoms with E-state index in [2.05, 4.69) is 17.6 Å². The number of hydrogen-bond acceptors (Lipinski definition) is 5. The van der Waals surface area contributed by atoms with Crippen molar-refractivity contribution < 1.29 is 22.7 Å². The smallest absolute Gasteiger partial charge is 0.265 e. The van der Waals surface area contributed by atoms with Crippen molar-refractivity contribution in [3.63, 3.8) is 0 Å². The van der Waals surface area contributed by atoms with Crippen molar-refractivity contribution in [1.82, 2.24) is 9.62 Å². The number of anilines is 1. The van der Waals surface area contributed by atoms with E-state index >= 15 is 0 Å². The molecule has 2 aliphatic rings. The van der Waals surface area contributed by atoms with Gasteiger partial charge in [0.1, 0.15) is 5.75 Å². The van der Waals surface area contributed by atoms with Crippen LogP contribution in [0.25, 0.3) is 0 Å². The van der Waals surface area contributed by atoms with Crippen molar-refractivity contribution in [2.75, 3.05) is 25.0 Å². The van der Waals surface area contributed by atoms with Crippen molar-refractivity contribution >= 4 is 27.5 Å². The molecule has 3 unspecified atom stereocenters. The molecule has 0 radical (unpaired) electrons. The molecule has 1 fully saturated rings. The number of aryl methyl sites for hydroxylation is 1. The first-order valence-electron chi connectivity index (χ1n) is 12.2. The summed E-state index contributed by atoms with van der Waals surface area (Å²) >= 11 is 0. The first-order valence-corrected chi connectivity index (χ1v) is 13.6. The number of nitrogens with one attached hydrogen (secondary N) is 2. The standard InChI is InChI=1S/C26H33N3O5S/c1-4-22-26(31)28-21-13-17(2)24(14-23(21)34-22)35(32,33)29-12-8-11-20(16-29)25(30)27-15-18(3)19-9-6-5-7-10-19/h5-7,9-10,13-14,18,20,22H,4,8,11-12,15-16H2,1-3H3,(H,27,30)(H,28,31). The fraction of sp³-hybridized carbons (Fsp3) is 0.462. The minimum atomic E-state index is -3.84. The third-order valence-corrected chi connectivity index (χ3v) is 8.80. The van der Waals surface area contributed by atoms with Crippen LogP contribution in [0.4, 0.5) is 5.69 Å². The summed E-state index contributed by atoms with van der Waals surface area (Å²) in [6.45, 7) is 6.58. The lowest BCUT2D eigenvalue weighted by molar-refractivity contribution is -0.126. The summed E-state index contributed by atoms with van der Waals surface area (Å²) in [6, 6.07) is 13.1. The molecule has 9 heteroatoms. The normalized spacial score (nSPS) is 21.4. The monoisotopic (exact) mass is 499 g/mol. The number of rotatable bonds is 7. The second-order valence-electron chi connectivity index (χ2n) is 9.38. The van der Waals surface area contributed by atoms with Crippen LogP contribution in [0.2, 0.25) is 0 Å². The van der Waals surface area contributed by atoms with Crippen LogP contribution in [0.1, 0.15) is 50.2 Å². The number of fused-ring (bicyclic) bond motifs is 1. The second kappa shape index (κ2) is 10.4. The zero-order chi connectivity index (χ0) is 25.2. The molecule has 188 valence electrons. The van der Waals surface area contributed by atoms with E-state index in [1.165, 1.54) is 10.4 Å². The van der Waals surface area contributed by atoms with E-state index in [1.807, 2.05) is 37.3 Å². The van der Waals surface area contributed by atoms with E-state index < -0.39 is 22.0 Å². The first kappa shape index (κ1) is 25.2. The van der Waals surface area contributed by atoms with Crippen LogP contribution in [0.15, 0.2) is 47.4 Å². The highest BCUT2D eigenvalue weighted by atomic mass is 32.2. The number of ether oxygens (including phenoxy) is 1. The average molecular weight is 500 g/mol. The predicted molar refractivity (Wildman–Crippen MR) is 134 cm³/mol. The molecule has 1 saturated heterocycles. The van der Waals surface area contributed by atoms with Crippen LogP contribution < -0.4 is 15.4 Å². The highest BCUT2D eigenvalue weighted by molar-refractivity contribution is 7.89. The van der Waals surface area contributed by atoms with Gasteiger partial charge in [0.05, 0.1) is 16.5 Å². The van der Waals surface area contributed by atoms with Gasteiger partial charge in [-0.3, -0.25) is 9.59 Å². The van der Waals surface area contributed by atoms with Crippen LogP contribution in [0.5, 0.6) is 5.75 Å². The summed E-state index contributed by atoms with van der Waals surface area (Å²) in [4.78, 5) is 25.2. The Hall–Kier alpha value is -2.91. The Morgan fingerprint density at radius 1 is 1.26 bits per heavy atom. The van der Waals surface area contributed by atoms with Crippen LogP contribution in [0, 0.1) is 12.8 Å². The number of carbonyl (C=O) groups excluding carboxylic acids is 2. The molecular formula is C26H33N3O5S. The number of sulfonamides is 1. The maximum atomic E-state index is 13.6. The molecular weight excluding hydrogens is 466 g/mol. The highest BCUT2D eigenvalue weighted by Gasteiger charge is 2.36. The van der Waals surface area contributed by atoms with Crippen LogP contribution in [-0.4, -0.2) is 50.3 Å². The molecule has 2 aromatic rings. The first-order chi connectivity index (χ1) is 16.7. The molecule has 2 N–H and O–H groups in total. The highest BCUT2D eigenvalue weighted by Crippen LogP contribution is 2.36. The molecule has 0 bridgehead atoms. The summed E-state index contributed by atoms with van der Waals surface area (Å²) in [5.41, 5.74) is 2.14. The molecule has 35 heavy (non-hydrogen) atoms. The topological polar surface area (TPSA) is 105 Å². The molecule has 4 rings (SSSR count). The van der Waals surface area contributed by atoms with Gasteiger partial charge in [-0.2, -0.15) is 4.31 Å². The van der Waals surface area contributed by atoms with E-state index in [-0.39, 0.29) is 29.2 Å². The second-order valence-corrected chi connectivity index (χ2v) is 11.3. The fourth-order valence-corrected chi connectivity index (χ4v) is 6.39. The molecule has 0 saturated carbocycles. The van der Waals surface area contributed by atoms with E-state index in [4.69, 9.17) is 4.74 Å². The molecule has 0 aliphatic carbocycles. The molecule has 8 nitrogen and oxygen atoms in total. The Morgan fingerprint density at radius 3 is 2.71 bits per heavy atom. The summed E-state index contributed by atoms with van der Waals surface area (Å²) < 4.78 is 34.3. The summed E-state index contributed by atoms with van der Waals surface area (Å²) in [5, 5.41) is 5.80. The van der Waals surface area contributed by atoms with E-state index in [1.54, 1.807) is 13.0 Å². The molecule has 0 spiro atoms. The van der Waals surface area contributed by atoms with Gasteiger partial charge in [0, 0.05) is 25.7 Å². The molecule has 2 aliphatic heterocycles. The lowest BCUT2D eigenvalue weighted by Gasteiger charge is -2.32. The number of carbonyl (C=O) groups is 2. The Balaban J connectivity index is 1.46. The van der Waals surface area contributed by atoms with Gasteiger partial charge in [-0.15, -0.1) is 0 Å².